The fraction of sp³-hybridized carbons (Fsp3) is 0.107. The lowest BCUT2D eigenvalue weighted by Gasteiger charge is -2.30. The molecular formula is C28H21ClN4O2. The molecule has 5 rings (SSSR count). The van der Waals surface area contributed by atoms with Crippen LogP contribution in [0.1, 0.15) is 22.4 Å². The van der Waals surface area contributed by atoms with Gasteiger partial charge < -0.3 is 14.2 Å². The Morgan fingerprint density at radius 2 is 1.74 bits per heavy atom. The van der Waals surface area contributed by atoms with E-state index in [2.05, 4.69) is 11.1 Å². The lowest BCUT2D eigenvalue weighted by molar-refractivity contribution is 0.117. The fourth-order valence-electron chi connectivity index (χ4n) is 4.54. The van der Waals surface area contributed by atoms with Crippen LogP contribution in [0.25, 0.3) is 22.0 Å². The first kappa shape index (κ1) is 22.6. The van der Waals surface area contributed by atoms with Gasteiger partial charge in [0.05, 0.1) is 35.4 Å². The number of nitrogens with zero attached hydrogens (tertiary/aromatic N) is 4. The molecule has 6 nitrogen and oxygen atoms in total. The fourth-order valence-corrected chi connectivity index (χ4v) is 4.67. The number of halogens is 1. The summed E-state index contributed by atoms with van der Waals surface area (Å²) in [5, 5.41) is 23.0. The Hall–Kier alpha value is -4.18. The van der Waals surface area contributed by atoms with E-state index in [0.29, 0.717) is 38.5 Å². The SMILES string of the molecule is Cn1cncc1[C@@](O)(c1ccc(Cl)cc1)c1ccc2c(c1)c(-c1cccc(C#N)c1)cc(=O)n2C. The van der Waals surface area contributed by atoms with E-state index in [0.717, 1.165) is 10.9 Å². The number of fused-ring (bicyclic) bond motifs is 1. The molecule has 2 heterocycles. The molecule has 0 saturated heterocycles. The standard InChI is InChI=1S/C28H21ClN4O2/c1-32-17-31-16-26(32)28(35,20-6-9-22(29)10-7-20)21-8-11-25-24(13-21)23(14-27(34)33(25)2)19-5-3-4-18(12-19)15-30/h3-14,16-17,35H,1-2H3/t28-/m1/s1. The van der Waals surface area contributed by atoms with Crippen LogP contribution in [0.2, 0.25) is 5.02 Å². The second kappa shape index (κ2) is 8.55. The average molecular weight is 481 g/mol. The third-order valence-electron chi connectivity index (χ3n) is 6.42. The molecule has 0 unspecified atom stereocenters. The summed E-state index contributed by atoms with van der Waals surface area (Å²) >= 11 is 6.13. The third kappa shape index (κ3) is 3.71. The molecule has 2 aromatic heterocycles. The van der Waals surface area contributed by atoms with Gasteiger partial charge in [-0.3, -0.25) is 4.79 Å². The van der Waals surface area contributed by atoms with Crippen molar-refractivity contribution in [1.29, 1.82) is 5.26 Å². The predicted octanol–water partition coefficient (Wildman–Crippen LogP) is 4.75. The van der Waals surface area contributed by atoms with Crippen molar-refractivity contribution in [2.75, 3.05) is 0 Å². The molecule has 7 heteroatoms. The summed E-state index contributed by atoms with van der Waals surface area (Å²) in [4.78, 5) is 17.0. The lowest BCUT2D eigenvalue weighted by Crippen LogP contribution is -2.31. The van der Waals surface area contributed by atoms with E-state index in [-0.39, 0.29) is 5.56 Å². The minimum atomic E-state index is -1.54. The van der Waals surface area contributed by atoms with E-state index < -0.39 is 5.60 Å². The molecule has 0 aliphatic carbocycles. The molecule has 0 bridgehead atoms. The van der Waals surface area contributed by atoms with E-state index in [4.69, 9.17) is 11.6 Å². The van der Waals surface area contributed by atoms with Crippen LogP contribution in [0.5, 0.6) is 0 Å². The Morgan fingerprint density at radius 3 is 2.43 bits per heavy atom. The number of hydrogen-bond acceptors (Lipinski definition) is 4. The first-order valence-electron chi connectivity index (χ1n) is 10.9. The molecule has 35 heavy (non-hydrogen) atoms. The van der Waals surface area contributed by atoms with Crippen molar-refractivity contribution in [3.63, 3.8) is 0 Å². The molecule has 0 aliphatic heterocycles. The van der Waals surface area contributed by atoms with Crippen LogP contribution in [0.3, 0.4) is 0 Å². The first-order chi connectivity index (χ1) is 16.8. The van der Waals surface area contributed by atoms with Crippen molar-refractivity contribution in [2.45, 2.75) is 5.60 Å². The summed E-state index contributed by atoms with van der Waals surface area (Å²) in [6.45, 7) is 0. The lowest BCUT2D eigenvalue weighted by atomic mass is 9.82. The van der Waals surface area contributed by atoms with Crippen molar-refractivity contribution >= 4 is 22.5 Å². The molecule has 0 aliphatic rings. The Balaban J connectivity index is 1.84. The van der Waals surface area contributed by atoms with Crippen molar-refractivity contribution in [1.82, 2.24) is 14.1 Å². The quantitative estimate of drug-likeness (QED) is 0.402. The van der Waals surface area contributed by atoms with Gasteiger partial charge in [-0.25, -0.2) is 4.98 Å². The van der Waals surface area contributed by atoms with E-state index in [1.807, 2.05) is 31.3 Å². The van der Waals surface area contributed by atoms with Gasteiger partial charge in [-0.2, -0.15) is 5.26 Å². The van der Waals surface area contributed by atoms with Gasteiger partial charge in [-0.05, 0) is 58.7 Å². The summed E-state index contributed by atoms with van der Waals surface area (Å²) < 4.78 is 3.35. The zero-order valence-electron chi connectivity index (χ0n) is 19.1. The molecule has 0 radical (unpaired) electrons. The summed E-state index contributed by atoms with van der Waals surface area (Å²) in [5.41, 5.74) is 2.76. The highest BCUT2D eigenvalue weighted by Crippen LogP contribution is 2.39. The zero-order valence-corrected chi connectivity index (χ0v) is 19.9. The normalized spacial score (nSPS) is 12.9. The van der Waals surface area contributed by atoms with Crippen LogP contribution in [0.4, 0.5) is 0 Å². The third-order valence-corrected chi connectivity index (χ3v) is 6.67. The smallest absolute Gasteiger partial charge is 0.251 e. The van der Waals surface area contributed by atoms with Gasteiger partial charge in [0, 0.05) is 30.6 Å². The molecule has 0 spiro atoms. The maximum absolute atomic E-state index is 12.8. The van der Waals surface area contributed by atoms with Gasteiger partial charge in [0.25, 0.3) is 5.56 Å². The molecule has 3 aromatic carbocycles. The minimum Gasteiger partial charge on any atom is -0.374 e. The number of imidazole rings is 1. The van der Waals surface area contributed by atoms with Gasteiger partial charge >= 0.3 is 0 Å². The van der Waals surface area contributed by atoms with Crippen molar-refractivity contribution in [3.05, 3.63) is 123 Å². The van der Waals surface area contributed by atoms with E-state index in [1.54, 1.807) is 77.2 Å². The van der Waals surface area contributed by atoms with Crippen LogP contribution in [0, 0.1) is 11.3 Å². The molecule has 1 atom stereocenters. The van der Waals surface area contributed by atoms with Crippen LogP contribution >= 0.6 is 11.6 Å². The maximum Gasteiger partial charge on any atom is 0.251 e. The summed E-state index contributed by atoms with van der Waals surface area (Å²) in [7, 11) is 3.54. The highest BCUT2D eigenvalue weighted by Gasteiger charge is 2.37. The number of aliphatic hydroxyl groups is 1. The van der Waals surface area contributed by atoms with Crippen LogP contribution in [-0.2, 0) is 19.7 Å². The van der Waals surface area contributed by atoms with Crippen molar-refractivity contribution in [3.8, 4) is 17.2 Å². The van der Waals surface area contributed by atoms with E-state index in [9.17, 15) is 15.2 Å². The topological polar surface area (TPSA) is 83.8 Å². The molecule has 172 valence electrons. The van der Waals surface area contributed by atoms with Crippen molar-refractivity contribution < 1.29 is 5.11 Å². The first-order valence-corrected chi connectivity index (χ1v) is 11.3. The van der Waals surface area contributed by atoms with Crippen LogP contribution in [-0.4, -0.2) is 19.2 Å². The average Bonchev–Trinajstić information content (AvgIpc) is 3.32. The largest absolute Gasteiger partial charge is 0.374 e. The van der Waals surface area contributed by atoms with Gasteiger partial charge in [-0.1, -0.05) is 41.9 Å². The maximum atomic E-state index is 12.8. The molecule has 1 N–H and O–H groups in total. The summed E-state index contributed by atoms with van der Waals surface area (Å²) in [6.07, 6.45) is 3.27. The van der Waals surface area contributed by atoms with Crippen molar-refractivity contribution in [2.24, 2.45) is 14.1 Å². The summed E-state index contributed by atoms with van der Waals surface area (Å²) in [6, 6.07) is 23.5. The Morgan fingerprint density at radius 1 is 1.00 bits per heavy atom. The molecule has 0 amide bonds. The number of benzene rings is 3. The highest BCUT2D eigenvalue weighted by molar-refractivity contribution is 6.30. The number of hydrogen-bond donors (Lipinski definition) is 1. The Kier molecular flexibility index (Phi) is 5.52. The van der Waals surface area contributed by atoms with Gasteiger partial charge in [0.2, 0.25) is 0 Å². The van der Waals surface area contributed by atoms with E-state index in [1.165, 1.54) is 0 Å². The van der Waals surface area contributed by atoms with Gasteiger partial charge in [0.15, 0.2) is 5.60 Å². The van der Waals surface area contributed by atoms with E-state index >= 15 is 0 Å². The second-order valence-electron chi connectivity index (χ2n) is 8.49. The Labute approximate surface area is 206 Å². The zero-order chi connectivity index (χ0) is 24.7. The number of aromatic nitrogens is 3. The highest BCUT2D eigenvalue weighted by atomic mass is 35.5. The monoisotopic (exact) mass is 480 g/mol. The molecule has 0 saturated carbocycles. The number of nitriles is 1. The molecule has 0 fully saturated rings. The Bertz CT molecular complexity index is 1680. The van der Waals surface area contributed by atoms with Crippen LogP contribution < -0.4 is 5.56 Å². The minimum absolute atomic E-state index is 0.165. The molecule has 5 aromatic rings. The molecular weight excluding hydrogens is 460 g/mol. The second-order valence-corrected chi connectivity index (χ2v) is 8.92. The predicted molar refractivity (Wildman–Crippen MR) is 136 cm³/mol. The van der Waals surface area contributed by atoms with Gasteiger partial charge in [0.1, 0.15) is 0 Å². The number of rotatable bonds is 4. The number of aryl methyl sites for hydroxylation is 2. The van der Waals surface area contributed by atoms with Crippen LogP contribution in [0.15, 0.2) is 90.1 Å². The summed E-state index contributed by atoms with van der Waals surface area (Å²) in [5.74, 6) is 0. The van der Waals surface area contributed by atoms with Gasteiger partial charge in [-0.15, -0.1) is 0 Å². The number of pyridine rings is 1.